The average Bonchev–Trinajstić information content (AvgIpc) is 3.09. The van der Waals surface area contributed by atoms with E-state index in [2.05, 4.69) is 4.98 Å². The van der Waals surface area contributed by atoms with E-state index in [9.17, 15) is 24.1 Å². The molecular formula is C18H29N2O10PS. The Bertz CT molecular complexity index is 876. The van der Waals surface area contributed by atoms with Crippen LogP contribution in [-0.2, 0) is 32.6 Å². The van der Waals surface area contributed by atoms with Crippen LogP contribution in [0.4, 0.5) is 0 Å². The Kier molecular flexibility index (Phi) is 11.3. The molecule has 1 aromatic rings. The smallest absolute Gasteiger partial charge is 0.330 e. The van der Waals surface area contributed by atoms with Gasteiger partial charge < -0.3 is 28.4 Å². The molecule has 32 heavy (non-hydrogen) atoms. The number of aromatic nitrogens is 2. The van der Waals surface area contributed by atoms with Gasteiger partial charge >= 0.3 is 13.9 Å². The minimum absolute atomic E-state index is 0.00157. The summed E-state index contributed by atoms with van der Waals surface area (Å²) in [4.78, 5) is 37.0. The number of nitrogens with zero attached hydrogens (tertiary/aromatic N) is 1. The number of methoxy groups -OCH3 is 1. The molecule has 2 heterocycles. The van der Waals surface area contributed by atoms with Crippen LogP contribution >= 0.6 is 20.0 Å². The van der Waals surface area contributed by atoms with E-state index >= 15 is 0 Å². The van der Waals surface area contributed by atoms with Gasteiger partial charge in [-0.25, -0.2) is 4.79 Å². The van der Waals surface area contributed by atoms with Gasteiger partial charge in [0.1, 0.15) is 18.3 Å². The number of aliphatic hydroxyl groups excluding tert-OH is 1. The average molecular weight is 496 g/mol. The number of nitrogens with one attached hydrogen (secondary N) is 1. The van der Waals surface area contributed by atoms with Gasteiger partial charge in [-0.1, -0.05) is 25.6 Å². The second kappa shape index (κ2) is 13.4. The van der Waals surface area contributed by atoms with Crippen molar-refractivity contribution < 1.29 is 37.7 Å². The van der Waals surface area contributed by atoms with Gasteiger partial charge in [0.25, 0.3) is 5.56 Å². The monoisotopic (exact) mass is 496 g/mol. The number of H-pyrrole nitrogens is 1. The number of carbonyl (C=O) groups excluding carboxylic acids is 1. The molecule has 1 fully saturated rings. The molecule has 14 heteroatoms. The standard InChI is InChI=1S/C18H29N2O10PS/c1-11(2)17(23)32-9-8-27-6-7-28-31(25)30-14-12(10-21)29-16(15(14)26-3)20-5-4-13(22)19-18(20)24/h4-5,11-12,14-16,21,31H,6-10H2,1-3H3,(H,19,22,24)/t12-,14?,15+,16-/m1/s1. The van der Waals surface area contributed by atoms with Gasteiger partial charge in [0.15, 0.2) is 11.3 Å². The van der Waals surface area contributed by atoms with Crippen molar-refractivity contribution in [2.45, 2.75) is 38.4 Å². The van der Waals surface area contributed by atoms with E-state index in [1.165, 1.54) is 25.1 Å². The highest BCUT2D eigenvalue weighted by Crippen LogP contribution is 2.38. The molecule has 2 N–H and O–H groups in total. The number of hydrogen-bond acceptors (Lipinski definition) is 11. The lowest BCUT2D eigenvalue weighted by Gasteiger charge is -2.22. The summed E-state index contributed by atoms with van der Waals surface area (Å²) in [5.41, 5.74) is -1.30. The normalized spacial score (nSPS) is 24.2. The van der Waals surface area contributed by atoms with Gasteiger partial charge in [-0.3, -0.25) is 23.7 Å². The largest absolute Gasteiger partial charge is 0.394 e. The molecule has 5 atom stereocenters. The summed E-state index contributed by atoms with van der Waals surface area (Å²) in [5, 5.41) is 9.72. The molecule has 182 valence electrons. The Balaban J connectivity index is 1.83. The third kappa shape index (κ3) is 7.63. The molecule has 0 spiro atoms. The number of thioether (sulfide) groups is 1. The number of ether oxygens (including phenoxy) is 3. The molecule has 12 nitrogen and oxygen atoms in total. The summed E-state index contributed by atoms with van der Waals surface area (Å²) < 4.78 is 40.3. The lowest BCUT2D eigenvalue weighted by atomic mass is 10.1. The van der Waals surface area contributed by atoms with Crippen LogP contribution in [0.3, 0.4) is 0 Å². The summed E-state index contributed by atoms with van der Waals surface area (Å²) in [7, 11) is -1.65. The van der Waals surface area contributed by atoms with E-state index in [1.54, 1.807) is 0 Å². The molecule has 0 radical (unpaired) electrons. The predicted octanol–water partition coefficient (Wildman–Crippen LogP) is 0.165. The Labute approximate surface area is 189 Å². The highest BCUT2D eigenvalue weighted by Gasteiger charge is 2.47. The van der Waals surface area contributed by atoms with Crippen molar-refractivity contribution in [3.8, 4) is 0 Å². The first-order valence-electron chi connectivity index (χ1n) is 9.96. The van der Waals surface area contributed by atoms with Crippen LogP contribution in [-0.4, -0.2) is 77.4 Å². The van der Waals surface area contributed by atoms with Crippen LogP contribution in [0.25, 0.3) is 0 Å². The molecule has 2 unspecified atom stereocenters. The molecule has 1 aromatic heterocycles. The fourth-order valence-electron chi connectivity index (χ4n) is 2.90. The Morgan fingerprint density at radius 3 is 2.69 bits per heavy atom. The van der Waals surface area contributed by atoms with Crippen molar-refractivity contribution in [1.82, 2.24) is 9.55 Å². The number of rotatable bonds is 13. The van der Waals surface area contributed by atoms with E-state index in [1.807, 2.05) is 13.8 Å². The maximum absolute atomic E-state index is 12.3. The van der Waals surface area contributed by atoms with E-state index in [-0.39, 0.29) is 24.2 Å². The zero-order valence-corrected chi connectivity index (χ0v) is 19.9. The van der Waals surface area contributed by atoms with Crippen molar-refractivity contribution in [2.75, 3.05) is 39.3 Å². The van der Waals surface area contributed by atoms with Gasteiger partial charge in [-0.2, -0.15) is 0 Å². The number of aliphatic hydroxyl groups is 1. The van der Waals surface area contributed by atoms with Crippen LogP contribution in [0.2, 0.25) is 0 Å². The number of aromatic amines is 1. The minimum atomic E-state index is -3.00. The predicted molar refractivity (Wildman–Crippen MR) is 116 cm³/mol. The molecule has 1 aliphatic rings. The molecule has 1 saturated heterocycles. The van der Waals surface area contributed by atoms with Gasteiger partial charge in [0, 0.05) is 31.0 Å². The highest BCUT2D eigenvalue weighted by atomic mass is 32.2. The van der Waals surface area contributed by atoms with E-state index < -0.39 is 50.7 Å². The van der Waals surface area contributed by atoms with Gasteiger partial charge in [-0.05, 0) is 0 Å². The maximum atomic E-state index is 12.3. The molecule has 0 amide bonds. The van der Waals surface area contributed by atoms with Crippen molar-refractivity contribution in [3.05, 3.63) is 33.1 Å². The summed E-state index contributed by atoms with van der Waals surface area (Å²) >= 11 is 1.20. The molecule has 1 aliphatic heterocycles. The van der Waals surface area contributed by atoms with Crippen LogP contribution in [0.15, 0.2) is 21.9 Å². The summed E-state index contributed by atoms with van der Waals surface area (Å²) in [6.07, 6.45) is -2.61. The third-order valence-electron chi connectivity index (χ3n) is 4.49. The quantitative estimate of drug-likeness (QED) is 0.283. The van der Waals surface area contributed by atoms with Crippen LogP contribution in [0, 0.1) is 5.92 Å². The Morgan fingerprint density at radius 2 is 2.06 bits per heavy atom. The van der Waals surface area contributed by atoms with Crippen LogP contribution < -0.4 is 11.2 Å². The van der Waals surface area contributed by atoms with Crippen molar-refractivity contribution >= 4 is 25.1 Å². The Hall–Kier alpha value is -1.31. The lowest BCUT2D eigenvalue weighted by molar-refractivity contribution is -0.113. The van der Waals surface area contributed by atoms with Crippen LogP contribution in [0.5, 0.6) is 0 Å². The number of hydrogen-bond donors (Lipinski definition) is 2. The fraction of sp³-hybridized carbons (Fsp3) is 0.722. The van der Waals surface area contributed by atoms with E-state index in [4.69, 9.17) is 23.3 Å². The third-order valence-corrected chi connectivity index (χ3v) is 6.52. The zero-order valence-electron chi connectivity index (χ0n) is 18.1. The first-order chi connectivity index (χ1) is 15.3. The molecule has 0 saturated carbocycles. The fourth-order valence-corrected chi connectivity index (χ4v) is 4.46. The first kappa shape index (κ1) is 26.9. The molecule has 0 aliphatic carbocycles. The van der Waals surface area contributed by atoms with Gasteiger partial charge in [-0.15, -0.1) is 0 Å². The SMILES string of the molecule is CO[C@H]1C(O[PH](=O)OCCOCCSC(=O)C(C)C)[C@@H](CO)O[C@H]1n1ccc(=O)[nH]c1=O. The van der Waals surface area contributed by atoms with Gasteiger partial charge in [0.2, 0.25) is 0 Å². The summed E-state index contributed by atoms with van der Waals surface area (Å²) in [6.45, 7) is 3.67. The topological polar surface area (TPSA) is 155 Å². The molecule has 0 bridgehead atoms. The summed E-state index contributed by atoms with van der Waals surface area (Å²) in [6, 6.07) is 1.14. The second-order valence-corrected chi connectivity index (χ2v) is 9.20. The first-order valence-corrected chi connectivity index (χ1v) is 12.2. The van der Waals surface area contributed by atoms with Gasteiger partial charge in [0.05, 0.1) is 26.4 Å². The van der Waals surface area contributed by atoms with Crippen molar-refractivity contribution in [3.63, 3.8) is 0 Å². The van der Waals surface area contributed by atoms with Crippen molar-refractivity contribution in [1.29, 1.82) is 0 Å². The molecular weight excluding hydrogens is 467 g/mol. The summed E-state index contributed by atoms with van der Waals surface area (Å²) in [5.74, 6) is 0.480. The molecule has 2 rings (SSSR count). The van der Waals surface area contributed by atoms with Crippen molar-refractivity contribution in [2.24, 2.45) is 5.92 Å². The Morgan fingerprint density at radius 1 is 1.31 bits per heavy atom. The maximum Gasteiger partial charge on any atom is 0.330 e. The molecule has 0 aromatic carbocycles. The van der Waals surface area contributed by atoms with Crippen LogP contribution in [0.1, 0.15) is 20.1 Å². The minimum Gasteiger partial charge on any atom is -0.394 e. The highest BCUT2D eigenvalue weighted by molar-refractivity contribution is 8.13. The van der Waals surface area contributed by atoms with E-state index in [0.29, 0.717) is 12.4 Å². The lowest BCUT2D eigenvalue weighted by Crippen LogP contribution is -2.39. The van der Waals surface area contributed by atoms with E-state index in [0.717, 1.165) is 10.6 Å². The zero-order chi connectivity index (χ0) is 23.7. The number of carbonyl (C=O) groups is 1. The second-order valence-electron chi connectivity index (χ2n) is 7.08.